The largest absolute Gasteiger partial charge is 0.371 e. The first-order valence-electron chi connectivity index (χ1n) is 8.29. The summed E-state index contributed by atoms with van der Waals surface area (Å²) in [6, 6.07) is 19.5. The third kappa shape index (κ3) is 3.10. The molecule has 0 aromatic heterocycles. The van der Waals surface area contributed by atoms with Crippen molar-refractivity contribution in [1.82, 2.24) is 0 Å². The van der Waals surface area contributed by atoms with E-state index >= 15 is 0 Å². The minimum Gasteiger partial charge on any atom is -0.371 e. The Bertz CT molecular complexity index is 612. The molecule has 116 valence electrons. The minimum absolute atomic E-state index is 0.0162. The summed E-state index contributed by atoms with van der Waals surface area (Å²) >= 11 is 0. The van der Waals surface area contributed by atoms with E-state index in [9.17, 15) is 0 Å². The second kappa shape index (κ2) is 5.89. The van der Waals surface area contributed by atoms with E-state index in [1.807, 2.05) is 0 Å². The van der Waals surface area contributed by atoms with Gasteiger partial charge in [0.1, 0.15) is 0 Å². The molecule has 1 fully saturated rings. The van der Waals surface area contributed by atoms with Crippen molar-refractivity contribution < 1.29 is 4.74 Å². The molecule has 0 radical (unpaired) electrons. The SMILES string of the molecule is C[C@@H]1CC(C)(C)O[C@H]1[C@H](C)c1ccc(-c2ccccc2)cc1. The molecule has 3 atom stereocenters. The summed E-state index contributed by atoms with van der Waals surface area (Å²) in [5.74, 6) is 1.04. The lowest BCUT2D eigenvalue weighted by Gasteiger charge is -2.25. The van der Waals surface area contributed by atoms with Gasteiger partial charge in [0.2, 0.25) is 0 Å². The highest BCUT2D eigenvalue weighted by Crippen LogP contribution is 2.41. The van der Waals surface area contributed by atoms with Crippen molar-refractivity contribution in [3.63, 3.8) is 0 Å². The van der Waals surface area contributed by atoms with Crippen molar-refractivity contribution >= 4 is 0 Å². The molecule has 1 saturated heterocycles. The first-order valence-corrected chi connectivity index (χ1v) is 8.29. The Kier molecular flexibility index (Phi) is 4.10. The van der Waals surface area contributed by atoms with E-state index in [2.05, 4.69) is 82.3 Å². The molecule has 0 bridgehead atoms. The van der Waals surface area contributed by atoms with Crippen LogP contribution >= 0.6 is 0 Å². The van der Waals surface area contributed by atoms with E-state index in [-0.39, 0.29) is 5.60 Å². The van der Waals surface area contributed by atoms with E-state index in [0.717, 1.165) is 6.42 Å². The highest BCUT2D eigenvalue weighted by atomic mass is 16.5. The topological polar surface area (TPSA) is 9.23 Å². The molecule has 1 aliphatic rings. The van der Waals surface area contributed by atoms with Gasteiger partial charge in [0, 0.05) is 5.92 Å². The predicted octanol–water partition coefficient (Wildman–Crippen LogP) is 5.66. The van der Waals surface area contributed by atoms with E-state index in [4.69, 9.17) is 4.74 Å². The molecule has 0 saturated carbocycles. The van der Waals surface area contributed by atoms with E-state index in [0.29, 0.717) is 17.9 Å². The molecule has 0 amide bonds. The summed E-state index contributed by atoms with van der Waals surface area (Å²) in [7, 11) is 0. The maximum atomic E-state index is 6.29. The third-order valence-electron chi connectivity index (χ3n) is 4.87. The van der Waals surface area contributed by atoms with Crippen LogP contribution in [0, 0.1) is 5.92 Å². The number of ether oxygens (including phenoxy) is 1. The molecule has 1 nitrogen and oxygen atoms in total. The Morgan fingerprint density at radius 1 is 0.955 bits per heavy atom. The zero-order valence-electron chi connectivity index (χ0n) is 14.0. The standard InChI is InChI=1S/C21H26O/c1-15-14-21(3,4)22-20(15)16(2)17-10-12-19(13-11-17)18-8-6-5-7-9-18/h5-13,15-16,20H,14H2,1-4H3/t15-,16-,20-/m1/s1. The van der Waals surface area contributed by atoms with Gasteiger partial charge in [0.15, 0.2) is 0 Å². The van der Waals surface area contributed by atoms with E-state index < -0.39 is 0 Å². The van der Waals surface area contributed by atoms with Gasteiger partial charge in [-0.15, -0.1) is 0 Å². The van der Waals surface area contributed by atoms with Gasteiger partial charge >= 0.3 is 0 Å². The normalized spacial score (nSPS) is 25.1. The van der Waals surface area contributed by atoms with Crippen LogP contribution in [0.3, 0.4) is 0 Å². The predicted molar refractivity (Wildman–Crippen MR) is 93.0 cm³/mol. The van der Waals surface area contributed by atoms with Crippen molar-refractivity contribution in [1.29, 1.82) is 0 Å². The first-order chi connectivity index (χ1) is 10.5. The summed E-state index contributed by atoms with van der Waals surface area (Å²) in [5, 5.41) is 0. The van der Waals surface area contributed by atoms with E-state index in [1.54, 1.807) is 0 Å². The van der Waals surface area contributed by atoms with Crippen molar-refractivity contribution in [3.05, 3.63) is 60.2 Å². The number of benzene rings is 2. The Morgan fingerprint density at radius 3 is 2.09 bits per heavy atom. The average Bonchev–Trinajstić information content (AvgIpc) is 2.80. The second-order valence-corrected chi connectivity index (χ2v) is 7.30. The number of hydrogen-bond donors (Lipinski definition) is 0. The lowest BCUT2D eigenvalue weighted by molar-refractivity contribution is -0.0296. The highest BCUT2D eigenvalue weighted by Gasteiger charge is 2.40. The maximum absolute atomic E-state index is 6.29. The lowest BCUT2D eigenvalue weighted by atomic mass is 9.86. The van der Waals surface area contributed by atoms with E-state index in [1.165, 1.54) is 16.7 Å². The van der Waals surface area contributed by atoms with Crippen LogP contribution in [0.25, 0.3) is 11.1 Å². The molecule has 1 aliphatic heterocycles. The fourth-order valence-electron chi connectivity index (χ4n) is 3.82. The Hall–Kier alpha value is -1.60. The third-order valence-corrected chi connectivity index (χ3v) is 4.87. The molecule has 3 rings (SSSR count). The van der Waals surface area contributed by atoms with Crippen LogP contribution in [0.4, 0.5) is 0 Å². The number of rotatable bonds is 3. The fourth-order valence-corrected chi connectivity index (χ4v) is 3.82. The number of hydrogen-bond acceptors (Lipinski definition) is 1. The molecule has 0 aliphatic carbocycles. The molecule has 1 heterocycles. The molecular weight excluding hydrogens is 268 g/mol. The monoisotopic (exact) mass is 294 g/mol. The maximum Gasteiger partial charge on any atom is 0.0674 e. The first kappa shape index (κ1) is 15.3. The Labute approximate surface area is 134 Å². The Morgan fingerprint density at radius 2 is 1.55 bits per heavy atom. The summed E-state index contributed by atoms with van der Waals surface area (Å²) in [6.45, 7) is 9.01. The van der Waals surface area contributed by atoms with Gasteiger partial charge in [-0.05, 0) is 42.9 Å². The summed E-state index contributed by atoms with van der Waals surface area (Å²) in [5.41, 5.74) is 3.93. The van der Waals surface area contributed by atoms with Gasteiger partial charge in [-0.1, -0.05) is 68.4 Å². The quantitative estimate of drug-likeness (QED) is 0.709. The van der Waals surface area contributed by atoms with Crippen molar-refractivity contribution in [2.45, 2.75) is 51.7 Å². The fraction of sp³-hybridized carbons (Fsp3) is 0.429. The molecule has 0 spiro atoms. The summed E-state index contributed by atoms with van der Waals surface area (Å²) in [6.07, 6.45) is 1.46. The van der Waals surface area contributed by atoms with Crippen molar-refractivity contribution in [2.24, 2.45) is 5.92 Å². The van der Waals surface area contributed by atoms with Gasteiger partial charge in [-0.2, -0.15) is 0 Å². The van der Waals surface area contributed by atoms with Crippen molar-refractivity contribution in [3.8, 4) is 11.1 Å². The highest BCUT2D eigenvalue weighted by molar-refractivity contribution is 5.63. The average molecular weight is 294 g/mol. The van der Waals surface area contributed by atoms with Crippen LogP contribution in [0.1, 0.15) is 45.6 Å². The molecule has 2 aromatic carbocycles. The molecule has 0 N–H and O–H groups in total. The van der Waals surface area contributed by atoms with Crippen LogP contribution in [-0.4, -0.2) is 11.7 Å². The lowest BCUT2D eigenvalue weighted by Crippen LogP contribution is -2.24. The summed E-state index contributed by atoms with van der Waals surface area (Å²) in [4.78, 5) is 0. The van der Waals surface area contributed by atoms with Crippen LogP contribution in [0.5, 0.6) is 0 Å². The van der Waals surface area contributed by atoms with Crippen molar-refractivity contribution in [2.75, 3.05) is 0 Å². The van der Waals surface area contributed by atoms with Crippen LogP contribution in [0.2, 0.25) is 0 Å². The van der Waals surface area contributed by atoms with Crippen LogP contribution in [0.15, 0.2) is 54.6 Å². The van der Waals surface area contributed by atoms with Gasteiger partial charge in [-0.3, -0.25) is 0 Å². The van der Waals surface area contributed by atoms with Gasteiger partial charge in [0.25, 0.3) is 0 Å². The second-order valence-electron chi connectivity index (χ2n) is 7.30. The van der Waals surface area contributed by atoms with Gasteiger partial charge < -0.3 is 4.74 Å². The Balaban J connectivity index is 1.78. The molecule has 22 heavy (non-hydrogen) atoms. The zero-order valence-corrected chi connectivity index (χ0v) is 14.0. The molecule has 2 aromatic rings. The van der Waals surface area contributed by atoms with Crippen LogP contribution < -0.4 is 0 Å². The molecule has 1 heteroatoms. The summed E-state index contributed by atoms with van der Waals surface area (Å²) < 4.78 is 6.29. The molecular formula is C21H26O. The minimum atomic E-state index is 0.0162. The van der Waals surface area contributed by atoms with Crippen LogP contribution in [-0.2, 0) is 4.74 Å². The smallest absolute Gasteiger partial charge is 0.0674 e. The molecule has 0 unspecified atom stereocenters. The van der Waals surface area contributed by atoms with Gasteiger partial charge in [-0.25, -0.2) is 0 Å². The van der Waals surface area contributed by atoms with Gasteiger partial charge in [0.05, 0.1) is 11.7 Å². The zero-order chi connectivity index (χ0) is 15.7.